The van der Waals surface area contributed by atoms with Crippen LogP contribution in [-0.4, -0.2) is 42.3 Å². The molecule has 0 aliphatic heterocycles. The van der Waals surface area contributed by atoms with Crippen molar-refractivity contribution in [2.24, 2.45) is 13.0 Å². The van der Waals surface area contributed by atoms with Gasteiger partial charge in [0.2, 0.25) is 0 Å². The molecule has 4 rings (SSSR count). The van der Waals surface area contributed by atoms with Crippen LogP contribution in [0.5, 0.6) is 0 Å². The zero-order chi connectivity index (χ0) is 17.4. The Morgan fingerprint density at radius 1 is 1.32 bits per heavy atom. The largest absolute Gasteiger partial charge is 0.391 e. The first-order valence-corrected chi connectivity index (χ1v) is 8.46. The first kappa shape index (κ1) is 15.8. The van der Waals surface area contributed by atoms with Crippen LogP contribution in [0.25, 0.3) is 10.9 Å². The zero-order valence-corrected chi connectivity index (χ0v) is 14.0. The van der Waals surface area contributed by atoms with Gasteiger partial charge >= 0.3 is 0 Å². The van der Waals surface area contributed by atoms with Crippen molar-refractivity contribution in [1.82, 2.24) is 24.4 Å². The molecule has 25 heavy (non-hydrogen) atoms. The van der Waals surface area contributed by atoms with Gasteiger partial charge in [0.15, 0.2) is 5.69 Å². The molecule has 3 aromatic heterocycles. The Kier molecular flexibility index (Phi) is 4.01. The Bertz CT molecular complexity index is 886. The van der Waals surface area contributed by atoms with Crippen molar-refractivity contribution in [2.75, 3.05) is 0 Å². The molecule has 7 nitrogen and oxygen atoms in total. The van der Waals surface area contributed by atoms with Crippen molar-refractivity contribution < 1.29 is 9.90 Å². The average molecular weight is 339 g/mol. The number of nitrogens with one attached hydrogen (secondary N) is 1. The lowest BCUT2D eigenvalue weighted by molar-refractivity contribution is 0.0869. The zero-order valence-electron chi connectivity index (χ0n) is 14.0. The van der Waals surface area contributed by atoms with Gasteiger partial charge in [-0.1, -0.05) is 0 Å². The Hall–Kier alpha value is -2.67. The van der Waals surface area contributed by atoms with Gasteiger partial charge in [0.1, 0.15) is 0 Å². The van der Waals surface area contributed by atoms with E-state index in [-0.39, 0.29) is 11.9 Å². The maximum atomic E-state index is 12.7. The van der Waals surface area contributed by atoms with E-state index in [9.17, 15) is 9.90 Å². The number of imidazole rings is 1. The first-order chi connectivity index (χ1) is 12.1. The predicted octanol–water partition coefficient (Wildman–Crippen LogP) is 1.34. The standard InChI is InChI=1S/C18H21N5O2/c1-22-6-3-13-2-4-20-16(17(13)22)18(25)21-14-8-12(9-15(14)24)10-23-7-5-19-11-23/h2-7,11-12,14-15,24H,8-10H2,1H3,(H,21,25)/t12?,14-,15-/m1/s1. The van der Waals surface area contributed by atoms with Crippen molar-refractivity contribution in [3.05, 3.63) is 48.9 Å². The number of aromatic nitrogens is 4. The molecule has 0 bridgehead atoms. The summed E-state index contributed by atoms with van der Waals surface area (Å²) in [5, 5.41) is 14.3. The van der Waals surface area contributed by atoms with E-state index < -0.39 is 6.10 Å². The normalized spacial score (nSPS) is 23.2. The summed E-state index contributed by atoms with van der Waals surface area (Å²) in [7, 11) is 1.90. The van der Waals surface area contributed by atoms with Gasteiger partial charge in [-0.2, -0.15) is 0 Å². The summed E-state index contributed by atoms with van der Waals surface area (Å²) in [6, 6.07) is 3.59. The number of rotatable bonds is 4. The minimum atomic E-state index is -0.537. The number of carbonyl (C=O) groups is 1. The van der Waals surface area contributed by atoms with Crippen molar-refractivity contribution in [1.29, 1.82) is 0 Å². The van der Waals surface area contributed by atoms with Gasteiger partial charge in [0.25, 0.3) is 5.91 Å². The SMILES string of the molecule is Cn1ccc2ccnc(C(=O)N[C@@H]3CC(Cn4ccnc4)C[C@H]3O)c21. The Balaban J connectivity index is 1.48. The molecule has 3 heterocycles. The lowest BCUT2D eigenvalue weighted by Crippen LogP contribution is -2.40. The van der Waals surface area contributed by atoms with Crippen molar-refractivity contribution in [3.8, 4) is 0 Å². The fraction of sp³-hybridized carbons (Fsp3) is 0.389. The molecule has 3 atom stereocenters. The van der Waals surface area contributed by atoms with Crippen LogP contribution >= 0.6 is 0 Å². The van der Waals surface area contributed by atoms with E-state index in [1.165, 1.54) is 0 Å². The molecule has 2 N–H and O–H groups in total. The quantitative estimate of drug-likeness (QED) is 0.751. The molecular formula is C18H21N5O2. The van der Waals surface area contributed by atoms with Crippen molar-refractivity contribution >= 4 is 16.8 Å². The summed E-state index contributed by atoms with van der Waals surface area (Å²) in [6.07, 6.45) is 9.87. The van der Waals surface area contributed by atoms with E-state index in [1.54, 1.807) is 18.7 Å². The van der Waals surface area contributed by atoms with Crippen molar-refractivity contribution in [2.45, 2.75) is 31.5 Å². The van der Waals surface area contributed by atoms with E-state index in [4.69, 9.17) is 0 Å². The van der Waals surface area contributed by atoms with Crippen LogP contribution < -0.4 is 5.32 Å². The molecule has 3 aromatic rings. The van der Waals surface area contributed by atoms with E-state index in [1.807, 2.05) is 40.7 Å². The highest BCUT2D eigenvalue weighted by Gasteiger charge is 2.34. The highest BCUT2D eigenvalue weighted by atomic mass is 16.3. The molecule has 130 valence electrons. The molecule has 0 radical (unpaired) electrons. The van der Waals surface area contributed by atoms with Gasteiger partial charge in [0, 0.05) is 43.8 Å². The van der Waals surface area contributed by atoms with Crippen LogP contribution in [0.2, 0.25) is 0 Å². The number of fused-ring (bicyclic) bond motifs is 1. The molecular weight excluding hydrogens is 318 g/mol. The van der Waals surface area contributed by atoms with Crippen LogP contribution in [0.3, 0.4) is 0 Å². The summed E-state index contributed by atoms with van der Waals surface area (Å²) >= 11 is 0. The summed E-state index contributed by atoms with van der Waals surface area (Å²) in [6.45, 7) is 0.801. The molecule has 1 fully saturated rings. The third kappa shape index (κ3) is 3.02. The third-order valence-corrected chi connectivity index (χ3v) is 4.97. The van der Waals surface area contributed by atoms with E-state index in [0.29, 0.717) is 18.0 Å². The van der Waals surface area contributed by atoms with Gasteiger partial charge < -0.3 is 19.6 Å². The van der Waals surface area contributed by atoms with Crippen LogP contribution in [0.4, 0.5) is 0 Å². The lowest BCUT2D eigenvalue weighted by Gasteiger charge is -2.16. The molecule has 1 aliphatic carbocycles. The average Bonchev–Trinajstić information content (AvgIpc) is 3.31. The maximum absolute atomic E-state index is 12.7. The molecule has 1 unspecified atom stereocenters. The monoisotopic (exact) mass is 339 g/mol. The van der Waals surface area contributed by atoms with Crippen LogP contribution in [0.1, 0.15) is 23.3 Å². The lowest BCUT2D eigenvalue weighted by atomic mass is 10.1. The van der Waals surface area contributed by atoms with Gasteiger partial charge in [0.05, 0.1) is 24.0 Å². The number of aliphatic hydroxyl groups excluding tert-OH is 1. The Morgan fingerprint density at radius 3 is 3.00 bits per heavy atom. The summed E-state index contributed by atoms with van der Waals surface area (Å²) < 4.78 is 3.90. The number of amides is 1. The van der Waals surface area contributed by atoms with Crippen LogP contribution in [0.15, 0.2) is 43.2 Å². The minimum absolute atomic E-state index is 0.236. The molecule has 0 saturated heterocycles. The van der Waals surface area contributed by atoms with E-state index in [0.717, 1.165) is 23.9 Å². The number of carbonyl (C=O) groups excluding carboxylic acids is 1. The summed E-state index contributed by atoms with van der Waals surface area (Å²) in [5.74, 6) is 0.0769. The molecule has 1 saturated carbocycles. The number of aryl methyl sites for hydroxylation is 1. The van der Waals surface area contributed by atoms with E-state index in [2.05, 4.69) is 15.3 Å². The highest BCUT2D eigenvalue weighted by Crippen LogP contribution is 2.28. The Morgan fingerprint density at radius 2 is 2.20 bits per heavy atom. The minimum Gasteiger partial charge on any atom is -0.391 e. The number of nitrogens with zero attached hydrogens (tertiary/aromatic N) is 4. The Labute approximate surface area is 145 Å². The van der Waals surface area contributed by atoms with Gasteiger partial charge in [-0.25, -0.2) is 9.97 Å². The smallest absolute Gasteiger partial charge is 0.272 e. The molecule has 0 spiro atoms. The topological polar surface area (TPSA) is 85.0 Å². The van der Waals surface area contributed by atoms with Crippen LogP contribution in [0, 0.1) is 5.92 Å². The van der Waals surface area contributed by atoms with Crippen molar-refractivity contribution in [3.63, 3.8) is 0 Å². The van der Waals surface area contributed by atoms with Gasteiger partial charge in [-0.05, 0) is 30.9 Å². The summed E-state index contributed by atoms with van der Waals surface area (Å²) in [4.78, 5) is 21.0. The summed E-state index contributed by atoms with van der Waals surface area (Å²) in [5.41, 5.74) is 1.21. The maximum Gasteiger partial charge on any atom is 0.272 e. The van der Waals surface area contributed by atoms with Crippen LogP contribution in [-0.2, 0) is 13.6 Å². The molecule has 1 amide bonds. The number of hydrogen-bond acceptors (Lipinski definition) is 4. The molecule has 0 aromatic carbocycles. The first-order valence-electron chi connectivity index (χ1n) is 8.46. The van der Waals surface area contributed by atoms with E-state index >= 15 is 0 Å². The second kappa shape index (κ2) is 6.33. The number of pyridine rings is 1. The number of hydrogen-bond donors (Lipinski definition) is 2. The molecule has 7 heteroatoms. The molecule has 1 aliphatic rings. The predicted molar refractivity (Wildman–Crippen MR) is 92.9 cm³/mol. The second-order valence-corrected chi connectivity index (χ2v) is 6.77. The van der Waals surface area contributed by atoms with Gasteiger partial charge in [-0.3, -0.25) is 4.79 Å². The second-order valence-electron chi connectivity index (χ2n) is 6.77. The fourth-order valence-corrected chi connectivity index (χ4v) is 3.76. The third-order valence-electron chi connectivity index (χ3n) is 4.97. The highest BCUT2D eigenvalue weighted by molar-refractivity contribution is 6.04. The van der Waals surface area contributed by atoms with Gasteiger partial charge in [-0.15, -0.1) is 0 Å². The fourth-order valence-electron chi connectivity index (χ4n) is 3.76. The number of aliphatic hydroxyl groups is 1.